The van der Waals surface area contributed by atoms with Crippen molar-refractivity contribution in [2.45, 2.75) is 26.2 Å². The number of benzene rings is 1. The molecule has 1 aliphatic rings. The topological polar surface area (TPSA) is 54.0 Å². The third kappa shape index (κ3) is 4.09. The van der Waals surface area contributed by atoms with Crippen LogP contribution in [0.25, 0.3) is 0 Å². The Kier molecular flexibility index (Phi) is 4.60. The Morgan fingerprint density at radius 3 is 2.57 bits per heavy atom. The zero-order valence-electron chi connectivity index (χ0n) is 13.5. The van der Waals surface area contributed by atoms with Crippen molar-refractivity contribution in [1.82, 2.24) is 10.3 Å². The van der Waals surface area contributed by atoms with E-state index in [1.165, 1.54) is 18.4 Å². The van der Waals surface area contributed by atoms with Gasteiger partial charge in [-0.15, -0.1) is 0 Å². The van der Waals surface area contributed by atoms with Gasteiger partial charge in [0, 0.05) is 19.3 Å². The van der Waals surface area contributed by atoms with Crippen molar-refractivity contribution in [3.63, 3.8) is 0 Å². The fourth-order valence-electron chi connectivity index (χ4n) is 2.80. The van der Waals surface area contributed by atoms with E-state index in [2.05, 4.69) is 45.9 Å². The first-order chi connectivity index (χ1) is 11.2. The van der Waals surface area contributed by atoms with Gasteiger partial charge in [0.15, 0.2) is 0 Å². The second kappa shape index (κ2) is 6.82. The SMILES string of the molecule is CCNC(=O)c1ccc(NCC2(Cc3ccccc3)CC2)nc1. The number of carbonyl (C=O) groups excluding carboxylic acids is 1. The molecule has 1 aromatic heterocycles. The minimum absolute atomic E-state index is 0.0747. The predicted octanol–water partition coefficient (Wildman–Crippen LogP) is 3.27. The molecule has 4 nitrogen and oxygen atoms in total. The van der Waals surface area contributed by atoms with Gasteiger partial charge in [-0.3, -0.25) is 4.79 Å². The van der Waals surface area contributed by atoms with Gasteiger partial charge in [0.05, 0.1) is 5.56 Å². The van der Waals surface area contributed by atoms with Crippen LogP contribution in [0, 0.1) is 5.41 Å². The lowest BCUT2D eigenvalue weighted by Gasteiger charge is -2.16. The molecule has 0 aliphatic heterocycles. The molecule has 120 valence electrons. The lowest BCUT2D eigenvalue weighted by atomic mass is 9.96. The Balaban J connectivity index is 1.55. The molecule has 1 fully saturated rings. The Hall–Kier alpha value is -2.36. The van der Waals surface area contributed by atoms with Gasteiger partial charge in [-0.05, 0) is 49.3 Å². The van der Waals surface area contributed by atoms with Crippen LogP contribution in [0.2, 0.25) is 0 Å². The molecule has 23 heavy (non-hydrogen) atoms. The van der Waals surface area contributed by atoms with Crippen LogP contribution in [0.15, 0.2) is 48.7 Å². The zero-order chi connectivity index (χ0) is 16.1. The largest absolute Gasteiger partial charge is 0.370 e. The number of nitrogens with one attached hydrogen (secondary N) is 2. The number of aromatic nitrogens is 1. The van der Waals surface area contributed by atoms with Crippen molar-refractivity contribution < 1.29 is 4.79 Å². The third-order valence-electron chi connectivity index (χ3n) is 4.39. The summed E-state index contributed by atoms with van der Waals surface area (Å²) in [7, 11) is 0. The predicted molar refractivity (Wildman–Crippen MR) is 92.5 cm³/mol. The number of hydrogen-bond donors (Lipinski definition) is 2. The second-order valence-corrected chi connectivity index (χ2v) is 6.31. The monoisotopic (exact) mass is 309 g/mol. The van der Waals surface area contributed by atoms with Gasteiger partial charge < -0.3 is 10.6 Å². The Bertz CT molecular complexity index is 648. The van der Waals surface area contributed by atoms with Crippen molar-refractivity contribution in [3.8, 4) is 0 Å². The molecule has 0 radical (unpaired) electrons. The summed E-state index contributed by atoms with van der Waals surface area (Å²) in [5.41, 5.74) is 2.36. The molecule has 0 atom stereocenters. The number of anilines is 1. The van der Waals surface area contributed by atoms with Crippen molar-refractivity contribution in [3.05, 3.63) is 59.8 Å². The number of pyridine rings is 1. The van der Waals surface area contributed by atoms with E-state index in [4.69, 9.17) is 0 Å². The van der Waals surface area contributed by atoms with E-state index in [0.717, 1.165) is 18.8 Å². The summed E-state index contributed by atoms with van der Waals surface area (Å²) in [4.78, 5) is 16.1. The number of nitrogens with zero attached hydrogens (tertiary/aromatic N) is 1. The van der Waals surface area contributed by atoms with Gasteiger partial charge in [0.2, 0.25) is 0 Å². The van der Waals surface area contributed by atoms with Gasteiger partial charge in [-0.2, -0.15) is 0 Å². The Morgan fingerprint density at radius 2 is 1.96 bits per heavy atom. The second-order valence-electron chi connectivity index (χ2n) is 6.31. The molecule has 0 saturated heterocycles. The number of hydrogen-bond acceptors (Lipinski definition) is 3. The van der Waals surface area contributed by atoms with Crippen LogP contribution in [0.4, 0.5) is 5.82 Å². The molecular formula is C19H23N3O. The fraction of sp³-hybridized carbons (Fsp3) is 0.368. The van der Waals surface area contributed by atoms with Crippen molar-refractivity contribution in [1.29, 1.82) is 0 Å². The van der Waals surface area contributed by atoms with Crippen LogP contribution in [0.1, 0.15) is 35.7 Å². The van der Waals surface area contributed by atoms with E-state index in [0.29, 0.717) is 17.5 Å². The van der Waals surface area contributed by atoms with Crippen molar-refractivity contribution in [2.75, 3.05) is 18.4 Å². The van der Waals surface area contributed by atoms with E-state index in [-0.39, 0.29) is 5.91 Å². The van der Waals surface area contributed by atoms with Crippen LogP contribution in [-0.2, 0) is 6.42 Å². The first-order valence-corrected chi connectivity index (χ1v) is 8.23. The molecule has 2 aromatic rings. The lowest BCUT2D eigenvalue weighted by Crippen LogP contribution is -2.23. The Labute approximate surface area is 137 Å². The zero-order valence-corrected chi connectivity index (χ0v) is 13.5. The molecular weight excluding hydrogens is 286 g/mol. The molecule has 4 heteroatoms. The van der Waals surface area contributed by atoms with Gasteiger partial charge in [0.1, 0.15) is 5.82 Å². The summed E-state index contributed by atoms with van der Waals surface area (Å²) in [6.45, 7) is 3.46. The highest BCUT2D eigenvalue weighted by atomic mass is 16.1. The standard InChI is InChI=1S/C19H23N3O/c1-2-20-18(23)16-8-9-17(21-13-16)22-14-19(10-11-19)12-15-6-4-3-5-7-15/h3-9,13H,2,10-12,14H2,1H3,(H,20,23)(H,21,22). The molecule has 0 unspecified atom stereocenters. The van der Waals surface area contributed by atoms with E-state index >= 15 is 0 Å². The molecule has 1 aliphatic carbocycles. The smallest absolute Gasteiger partial charge is 0.252 e. The summed E-state index contributed by atoms with van der Waals surface area (Å²) < 4.78 is 0. The van der Waals surface area contributed by atoms with Gasteiger partial charge in [-0.25, -0.2) is 4.98 Å². The summed E-state index contributed by atoms with van der Waals surface area (Å²) in [6.07, 6.45) is 5.25. The molecule has 1 saturated carbocycles. The van der Waals surface area contributed by atoms with Gasteiger partial charge in [0.25, 0.3) is 5.91 Å². The minimum Gasteiger partial charge on any atom is -0.370 e. The molecule has 1 amide bonds. The summed E-state index contributed by atoms with van der Waals surface area (Å²) in [6, 6.07) is 14.3. The van der Waals surface area contributed by atoms with E-state index in [1.54, 1.807) is 6.20 Å². The van der Waals surface area contributed by atoms with Crippen LogP contribution < -0.4 is 10.6 Å². The van der Waals surface area contributed by atoms with Gasteiger partial charge in [-0.1, -0.05) is 30.3 Å². The molecule has 0 bridgehead atoms. The lowest BCUT2D eigenvalue weighted by molar-refractivity contribution is 0.0955. The number of amides is 1. The van der Waals surface area contributed by atoms with Crippen LogP contribution in [0.3, 0.4) is 0 Å². The molecule has 2 N–H and O–H groups in total. The fourth-order valence-corrected chi connectivity index (χ4v) is 2.80. The van der Waals surface area contributed by atoms with E-state index < -0.39 is 0 Å². The summed E-state index contributed by atoms with van der Waals surface area (Å²) in [5, 5.41) is 6.20. The highest BCUT2D eigenvalue weighted by Gasteiger charge is 2.42. The van der Waals surface area contributed by atoms with E-state index in [1.807, 2.05) is 19.1 Å². The highest BCUT2D eigenvalue weighted by Crippen LogP contribution is 2.48. The third-order valence-corrected chi connectivity index (χ3v) is 4.39. The maximum atomic E-state index is 11.7. The molecule has 1 aromatic carbocycles. The average Bonchev–Trinajstić information content (AvgIpc) is 3.34. The highest BCUT2D eigenvalue weighted by molar-refractivity contribution is 5.93. The van der Waals surface area contributed by atoms with Crippen molar-refractivity contribution >= 4 is 11.7 Å². The van der Waals surface area contributed by atoms with Gasteiger partial charge >= 0.3 is 0 Å². The number of rotatable bonds is 7. The maximum absolute atomic E-state index is 11.7. The first-order valence-electron chi connectivity index (χ1n) is 8.23. The molecule has 1 heterocycles. The normalized spacial score (nSPS) is 15.0. The quantitative estimate of drug-likeness (QED) is 0.825. The average molecular weight is 309 g/mol. The summed E-state index contributed by atoms with van der Waals surface area (Å²) in [5.74, 6) is 0.756. The molecule has 0 spiro atoms. The Morgan fingerprint density at radius 1 is 1.17 bits per heavy atom. The van der Waals surface area contributed by atoms with E-state index in [9.17, 15) is 4.79 Å². The first kappa shape index (κ1) is 15.5. The number of carbonyl (C=O) groups is 1. The maximum Gasteiger partial charge on any atom is 0.252 e. The molecule has 3 rings (SSSR count). The van der Waals surface area contributed by atoms with Crippen LogP contribution >= 0.6 is 0 Å². The van der Waals surface area contributed by atoms with Crippen molar-refractivity contribution in [2.24, 2.45) is 5.41 Å². The summed E-state index contributed by atoms with van der Waals surface area (Å²) >= 11 is 0. The minimum atomic E-state index is -0.0747. The van der Waals surface area contributed by atoms with Crippen LogP contribution in [-0.4, -0.2) is 24.0 Å². The van der Waals surface area contributed by atoms with Crippen LogP contribution in [0.5, 0.6) is 0 Å².